The molecule has 2 amide bonds. The van der Waals surface area contributed by atoms with Crippen LogP contribution < -0.4 is 0 Å². The maximum Gasteiger partial charge on any atom is 0.323 e. The number of carboxylic acids is 1. The SMILES string of the molecule is Cc1nc(CN(C)C(=O)N(CC(=O)O)C2CCCC2)n[nH]1. The Morgan fingerprint density at radius 1 is 1.38 bits per heavy atom. The molecule has 1 aliphatic carbocycles. The molecule has 2 rings (SSSR count). The molecule has 1 fully saturated rings. The number of aliphatic carboxylic acids is 1. The van der Waals surface area contributed by atoms with E-state index in [1.165, 1.54) is 9.80 Å². The van der Waals surface area contributed by atoms with Gasteiger partial charge < -0.3 is 14.9 Å². The number of aromatic nitrogens is 3. The molecule has 0 saturated heterocycles. The van der Waals surface area contributed by atoms with Crippen LogP contribution >= 0.6 is 0 Å². The first-order chi connectivity index (χ1) is 9.97. The topological polar surface area (TPSA) is 102 Å². The van der Waals surface area contributed by atoms with Crippen LogP contribution in [0.15, 0.2) is 0 Å². The Bertz CT molecular complexity index is 510. The van der Waals surface area contributed by atoms with E-state index < -0.39 is 5.97 Å². The molecule has 116 valence electrons. The number of carboxylic acid groups (broad SMARTS) is 1. The van der Waals surface area contributed by atoms with Gasteiger partial charge in [0.2, 0.25) is 0 Å². The maximum absolute atomic E-state index is 12.5. The van der Waals surface area contributed by atoms with E-state index in [1.807, 2.05) is 0 Å². The Morgan fingerprint density at radius 3 is 2.57 bits per heavy atom. The lowest BCUT2D eigenvalue weighted by atomic mass is 10.2. The van der Waals surface area contributed by atoms with Crippen molar-refractivity contribution in [3.63, 3.8) is 0 Å². The van der Waals surface area contributed by atoms with Gasteiger partial charge in [0.25, 0.3) is 0 Å². The first-order valence-electron chi connectivity index (χ1n) is 7.08. The normalized spacial score (nSPS) is 15.1. The highest BCUT2D eigenvalue weighted by atomic mass is 16.4. The predicted molar refractivity (Wildman–Crippen MR) is 74.6 cm³/mol. The zero-order chi connectivity index (χ0) is 15.4. The quantitative estimate of drug-likeness (QED) is 0.843. The Morgan fingerprint density at radius 2 is 2.05 bits per heavy atom. The highest BCUT2D eigenvalue weighted by Gasteiger charge is 2.30. The molecule has 0 aromatic carbocycles. The molecule has 1 aliphatic rings. The van der Waals surface area contributed by atoms with Crippen molar-refractivity contribution in [2.24, 2.45) is 0 Å². The average molecular weight is 295 g/mol. The number of hydrogen-bond donors (Lipinski definition) is 2. The van der Waals surface area contributed by atoms with Crippen molar-refractivity contribution >= 4 is 12.0 Å². The fourth-order valence-electron chi connectivity index (χ4n) is 2.67. The average Bonchev–Trinajstić information content (AvgIpc) is 3.06. The molecular weight excluding hydrogens is 274 g/mol. The van der Waals surface area contributed by atoms with Crippen LogP contribution in [0.4, 0.5) is 4.79 Å². The van der Waals surface area contributed by atoms with Crippen LogP contribution in [0, 0.1) is 6.92 Å². The Hall–Kier alpha value is -2.12. The van der Waals surface area contributed by atoms with Crippen LogP contribution in [0.5, 0.6) is 0 Å². The Kier molecular flexibility index (Phi) is 4.77. The van der Waals surface area contributed by atoms with Crippen LogP contribution in [-0.4, -0.2) is 61.7 Å². The van der Waals surface area contributed by atoms with E-state index in [2.05, 4.69) is 15.2 Å². The molecule has 2 N–H and O–H groups in total. The highest BCUT2D eigenvalue weighted by molar-refractivity contribution is 5.80. The van der Waals surface area contributed by atoms with Gasteiger partial charge in [-0.15, -0.1) is 0 Å². The molecule has 0 bridgehead atoms. The summed E-state index contributed by atoms with van der Waals surface area (Å²) in [6.45, 7) is 1.78. The van der Waals surface area contributed by atoms with Gasteiger partial charge in [-0.25, -0.2) is 9.78 Å². The van der Waals surface area contributed by atoms with E-state index >= 15 is 0 Å². The van der Waals surface area contributed by atoms with Gasteiger partial charge in [-0.3, -0.25) is 9.89 Å². The third kappa shape index (κ3) is 3.93. The van der Waals surface area contributed by atoms with Gasteiger partial charge in [-0.05, 0) is 19.8 Å². The number of amides is 2. The van der Waals surface area contributed by atoms with E-state index in [0.29, 0.717) is 11.6 Å². The van der Waals surface area contributed by atoms with Gasteiger partial charge in [0, 0.05) is 13.1 Å². The Labute approximate surface area is 123 Å². The minimum atomic E-state index is -0.989. The molecular formula is C13H21N5O3. The molecule has 0 aliphatic heterocycles. The van der Waals surface area contributed by atoms with Crippen LogP contribution in [0.25, 0.3) is 0 Å². The fraction of sp³-hybridized carbons (Fsp3) is 0.692. The molecule has 1 saturated carbocycles. The summed E-state index contributed by atoms with van der Waals surface area (Å²) in [6, 6.07) is -0.267. The molecule has 0 atom stereocenters. The maximum atomic E-state index is 12.5. The van der Waals surface area contributed by atoms with Crippen molar-refractivity contribution in [3.8, 4) is 0 Å². The number of nitrogens with one attached hydrogen (secondary N) is 1. The fourth-order valence-corrected chi connectivity index (χ4v) is 2.67. The molecule has 21 heavy (non-hydrogen) atoms. The van der Waals surface area contributed by atoms with Crippen LogP contribution in [0.3, 0.4) is 0 Å². The smallest absolute Gasteiger partial charge is 0.323 e. The van der Waals surface area contributed by atoms with Crippen LogP contribution in [0.2, 0.25) is 0 Å². The molecule has 1 aromatic heterocycles. The van der Waals surface area contributed by atoms with Crippen LogP contribution in [-0.2, 0) is 11.3 Å². The Balaban J connectivity index is 2.03. The minimum absolute atomic E-state index is 0.0185. The summed E-state index contributed by atoms with van der Waals surface area (Å²) < 4.78 is 0. The zero-order valence-electron chi connectivity index (χ0n) is 12.4. The standard InChI is InChI=1S/C13H21N5O3/c1-9-14-11(16-15-9)7-17(2)13(21)18(8-12(19)20)10-5-3-4-6-10/h10H,3-8H2,1-2H3,(H,19,20)(H,14,15,16). The third-order valence-corrected chi connectivity index (χ3v) is 3.67. The summed E-state index contributed by atoms with van der Waals surface area (Å²) in [7, 11) is 1.64. The van der Waals surface area contributed by atoms with Crippen molar-refractivity contribution in [1.82, 2.24) is 25.0 Å². The number of hydrogen-bond acceptors (Lipinski definition) is 4. The monoisotopic (exact) mass is 295 g/mol. The lowest BCUT2D eigenvalue weighted by Gasteiger charge is -2.31. The van der Waals surface area contributed by atoms with Gasteiger partial charge >= 0.3 is 12.0 Å². The number of nitrogens with zero attached hydrogens (tertiary/aromatic N) is 4. The second-order valence-electron chi connectivity index (χ2n) is 5.44. The van der Waals surface area contributed by atoms with E-state index in [1.54, 1.807) is 14.0 Å². The van der Waals surface area contributed by atoms with Gasteiger partial charge in [-0.1, -0.05) is 12.8 Å². The molecule has 1 heterocycles. The first kappa shape index (κ1) is 15.3. The van der Waals surface area contributed by atoms with Crippen molar-refractivity contribution in [1.29, 1.82) is 0 Å². The summed E-state index contributed by atoms with van der Waals surface area (Å²) in [5.41, 5.74) is 0. The summed E-state index contributed by atoms with van der Waals surface area (Å²) in [5.74, 6) is 0.214. The molecule has 8 heteroatoms. The van der Waals surface area contributed by atoms with E-state index in [4.69, 9.17) is 5.11 Å². The van der Waals surface area contributed by atoms with Crippen molar-refractivity contribution in [3.05, 3.63) is 11.6 Å². The second kappa shape index (κ2) is 6.55. The summed E-state index contributed by atoms with van der Waals surface area (Å²) in [6.07, 6.45) is 3.81. The van der Waals surface area contributed by atoms with Crippen molar-refractivity contribution < 1.29 is 14.7 Å². The largest absolute Gasteiger partial charge is 0.480 e. The molecule has 8 nitrogen and oxygen atoms in total. The molecule has 0 spiro atoms. The minimum Gasteiger partial charge on any atom is -0.480 e. The van der Waals surface area contributed by atoms with E-state index in [9.17, 15) is 9.59 Å². The molecule has 0 unspecified atom stereocenters. The van der Waals surface area contributed by atoms with E-state index in [0.717, 1.165) is 25.7 Å². The summed E-state index contributed by atoms with van der Waals surface area (Å²) >= 11 is 0. The van der Waals surface area contributed by atoms with Gasteiger partial charge in [0.15, 0.2) is 5.82 Å². The lowest BCUT2D eigenvalue weighted by molar-refractivity contribution is -0.138. The number of aryl methyl sites for hydroxylation is 1. The zero-order valence-corrected chi connectivity index (χ0v) is 12.4. The highest BCUT2D eigenvalue weighted by Crippen LogP contribution is 2.24. The predicted octanol–water partition coefficient (Wildman–Crippen LogP) is 0.994. The number of carbonyl (C=O) groups excluding carboxylic acids is 1. The first-order valence-corrected chi connectivity index (χ1v) is 7.08. The van der Waals surface area contributed by atoms with Gasteiger partial charge in [0.1, 0.15) is 12.4 Å². The second-order valence-corrected chi connectivity index (χ2v) is 5.44. The number of H-pyrrole nitrogens is 1. The third-order valence-electron chi connectivity index (χ3n) is 3.67. The summed E-state index contributed by atoms with van der Waals surface area (Å²) in [4.78, 5) is 30.6. The number of urea groups is 1. The molecule has 1 aromatic rings. The van der Waals surface area contributed by atoms with Crippen molar-refractivity contribution in [2.45, 2.75) is 45.2 Å². The van der Waals surface area contributed by atoms with Gasteiger partial charge in [-0.2, -0.15) is 5.10 Å². The van der Waals surface area contributed by atoms with E-state index in [-0.39, 0.29) is 25.2 Å². The van der Waals surface area contributed by atoms with Gasteiger partial charge in [0.05, 0.1) is 6.54 Å². The molecule has 0 radical (unpaired) electrons. The lowest BCUT2D eigenvalue weighted by Crippen LogP contribution is -2.48. The summed E-state index contributed by atoms with van der Waals surface area (Å²) in [5, 5.41) is 15.7. The number of rotatable bonds is 5. The van der Waals surface area contributed by atoms with Crippen molar-refractivity contribution in [2.75, 3.05) is 13.6 Å². The number of aromatic amines is 1. The number of carbonyl (C=O) groups is 2. The van der Waals surface area contributed by atoms with Crippen LogP contribution in [0.1, 0.15) is 37.3 Å².